The minimum absolute atomic E-state index is 0.155. The Bertz CT molecular complexity index is 1030. The maximum absolute atomic E-state index is 12.6. The summed E-state index contributed by atoms with van der Waals surface area (Å²) in [6.07, 6.45) is -5.45. The molecule has 0 unspecified atom stereocenters. The van der Waals surface area contributed by atoms with Gasteiger partial charge >= 0.3 is 13.9 Å². The van der Waals surface area contributed by atoms with Crippen LogP contribution in [0.15, 0.2) is 17.1 Å². The number of nitrogens with one attached hydrogen (secondary N) is 2. The molecular formula is C17H23N4O9PS. The summed E-state index contributed by atoms with van der Waals surface area (Å²) < 4.78 is 15.0. The molecule has 0 saturated carbocycles. The second-order valence-corrected chi connectivity index (χ2v) is 9.42. The number of aliphatic imine (C=N–C) groups is 1. The number of thiol groups is 1. The molecule has 32 heavy (non-hydrogen) atoms. The van der Waals surface area contributed by atoms with Gasteiger partial charge in [0, 0.05) is 0 Å². The van der Waals surface area contributed by atoms with Gasteiger partial charge in [-0.1, -0.05) is 0 Å². The zero-order valence-electron chi connectivity index (χ0n) is 17.0. The van der Waals surface area contributed by atoms with Gasteiger partial charge in [-0.3, -0.25) is 14.6 Å². The molecule has 7 N–H and O–H groups in total. The first kappa shape index (κ1) is 24.6. The number of nitrogens with zero attached hydrogens (tertiary/aromatic N) is 2. The van der Waals surface area contributed by atoms with Crippen LogP contribution in [0.5, 0.6) is 0 Å². The largest absolute Gasteiger partial charge is 0.469 e. The van der Waals surface area contributed by atoms with E-state index >= 15 is 0 Å². The molecule has 3 amide bonds. The first-order valence-corrected chi connectivity index (χ1v) is 11.3. The number of carbonyl (C=O) groups excluding carboxylic acids is 2. The number of carbonyl (C=O) groups is 2. The van der Waals surface area contributed by atoms with Crippen molar-refractivity contribution in [3.63, 3.8) is 0 Å². The fourth-order valence-electron chi connectivity index (χ4n) is 3.30. The summed E-state index contributed by atoms with van der Waals surface area (Å²) in [5.74, 6) is -0.952. The van der Waals surface area contributed by atoms with E-state index in [0.29, 0.717) is 11.4 Å². The molecule has 0 fully saturated rings. The number of imide groups is 1. The van der Waals surface area contributed by atoms with Gasteiger partial charge in [0.25, 0.3) is 5.91 Å². The van der Waals surface area contributed by atoms with E-state index in [1.54, 1.807) is 12.1 Å². The molecule has 1 aromatic carbocycles. The highest BCUT2D eigenvalue weighted by atomic mass is 32.1. The van der Waals surface area contributed by atoms with Gasteiger partial charge in [0.1, 0.15) is 18.3 Å². The molecule has 2 aliphatic heterocycles. The van der Waals surface area contributed by atoms with Crippen molar-refractivity contribution < 1.29 is 43.8 Å². The number of phosphoric acid groups is 1. The number of β-amino-alcohol motifs (C(OH)–C–C–N with tert-alkyl or cyclic N) is 1. The van der Waals surface area contributed by atoms with Crippen molar-refractivity contribution in [2.75, 3.05) is 23.4 Å². The van der Waals surface area contributed by atoms with Gasteiger partial charge in [-0.15, -0.1) is 12.6 Å². The smallest absolute Gasteiger partial charge is 0.388 e. The highest BCUT2D eigenvalue weighted by Crippen LogP contribution is 2.41. The van der Waals surface area contributed by atoms with Crippen molar-refractivity contribution in [3.8, 4) is 0 Å². The Balaban J connectivity index is 1.96. The molecule has 1 aromatic rings. The summed E-state index contributed by atoms with van der Waals surface area (Å²) in [6.45, 7) is 2.27. The molecule has 0 aromatic heterocycles. The Morgan fingerprint density at radius 1 is 1.19 bits per heavy atom. The molecule has 0 aliphatic carbocycles. The number of rotatable bonds is 7. The van der Waals surface area contributed by atoms with Crippen LogP contribution in [0, 0.1) is 13.8 Å². The van der Waals surface area contributed by atoms with Gasteiger partial charge in [0.2, 0.25) is 4.87 Å². The summed E-state index contributed by atoms with van der Waals surface area (Å²) >= 11 is 4.39. The molecule has 2 heterocycles. The summed E-state index contributed by atoms with van der Waals surface area (Å²) in [5, 5.41) is 35.7. The highest BCUT2D eigenvalue weighted by Gasteiger charge is 2.51. The quantitative estimate of drug-likeness (QED) is 0.172. The number of amides is 3. The second-order valence-electron chi connectivity index (χ2n) is 7.51. The third-order valence-electron chi connectivity index (χ3n) is 5.13. The van der Waals surface area contributed by atoms with E-state index < -0.39 is 56.1 Å². The van der Waals surface area contributed by atoms with Crippen LogP contribution in [0.4, 0.5) is 16.2 Å². The number of benzene rings is 1. The van der Waals surface area contributed by atoms with Gasteiger partial charge in [-0.05, 0) is 37.1 Å². The Morgan fingerprint density at radius 2 is 1.81 bits per heavy atom. The van der Waals surface area contributed by atoms with Crippen LogP contribution in [-0.4, -0.2) is 79.2 Å². The fraction of sp³-hybridized carbons (Fsp3) is 0.471. The maximum atomic E-state index is 12.6. The number of hydrogen-bond donors (Lipinski definition) is 8. The summed E-state index contributed by atoms with van der Waals surface area (Å²) in [7, 11) is -4.90. The van der Waals surface area contributed by atoms with Crippen molar-refractivity contribution >= 4 is 49.6 Å². The number of aryl methyl sites for hydroxylation is 2. The molecular weight excluding hydrogens is 467 g/mol. The molecule has 3 rings (SSSR count). The van der Waals surface area contributed by atoms with Gasteiger partial charge in [0.05, 0.1) is 24.5 Å². The van der Waals surface area contributed by atoms with Crippen molar-refractivity contribution in [1.82, 2.24) is 5.32 Å². The molecule has 4 atom stereocenters. The number of aliphatic hydroxyl groups is 3. The number of phosphoric ester groups is 1. The van der Waals surface area contributed by atoms with Crippen molar-refractivity contribution in [2.45, 2.75) is 37.0 Å². The molecule has 0 bridgehead atoms. The average Bonchev–Trinajstić information content (AvgIpc) is 2.68. The zero-order chi connectivity index (χ0) is 24.0. The standard InChI is InChI=1S/C17H23N4O9PS/c1-7-3-9-10(4-8(7)2)21(14-17(32,20-9)15(25)19-16(26)18-14)5-11(22)13(24)12(23)6-30-31(27,28)29/h3-4,11-13,20,22-24,32H,5-6H2,1-2H3,(H,19,25,26)(H2,27,28,29)/t11-,12+,13-,17-/m0/s1. The third kappa shape index (κ3) is 4.82. The predicted octanol–water partition coefficient (Wildman–Crippen LogP) is -0.998. The van der Waals surface area contributed by atoms with Crippen molar-refractivity contribution in [1.29, 1.82) is 0 Å². The van der Waals surface area contributed by atoms with E-state index in [9.17, 15) is 29.5 Å². The number of amidine groups is 1. The first-order valence-electron chi connectivity index (χ1n) is 9.31. The molecule has 13 nitrogen and oxygen atoms in total. The lowest BCUT2D eigenvalue weighted by atomic mass is 9.99. The van der Waals surface area contributed by atoms with E-state index in [-0.39, 0.29) is 5.84 Å². The maximum Gasteiger partial charge on any atom is 0.469 e. The van der Waals surface area contributed by atoms with E-state index in [1.165, 1.54) is 4.90 Å². The van der Waals surface area contributed by atoms with Crippen molar-refractivity contribution in [3.05, 3.63) is 23.3 Å². The molecule has 15 heteroatoms. The van der Waals surface area contributed by atoms with E-state index in [4.69, 9.17) is 9.79 Å². The minimum atomic E-state index is -4.90. The molecule has 2 aliphatic rings. The van der Waals surface area contributed by atoms with Crippen LogP contribution in [0.3, 0.4) is 0 Å². The lowest BCUT2D eigenvalue weighted by molar-refractivity contribution is -0.120. The Kier molecular flexibility index (Phi) is 6.71. The van der Waals surface area contributed by atoms with E-state index in [0.717, 1.165) is 11.1 Å². The number of aliphatic hydroxyl groups excluding tert-OH is 3. The van der Waals surface area contributed by atoms with Crippen LogP contribution in [0.1, 0.15) is 11.1 Å². The van der Waals surface area contributed by atoms with E-state index in [1.807, 2.05) is 19.2 Å². The monoisotopic (exact) mass is 490 g/mol. The summed E-state index contributed by atoms with van der Waals surface area (Å²) in [6, 6.07) is 2.51. The van der Waals surface area contributed by atoms with Crippen LogP contribution < -0.4 is 15.5 Å². The Labute approximate surface area is 187 Å². The topological polar surface area (TPSA) is 201 Å². The van der Waals surface area contributed by atoms with Crippen LogP contribution in [0.2, 0.25) is 0 Å². The number of anilines is 2. The summed E-state index contributed by atoms with van der Waals surface area (Å²) in [5.41, 5.74) is 2.59. The normalized spacial score (nSPS) is 23.4. The van der Waals surface area contributed by atoms with Crippen LogP contribution in [-0.2, 0) is 13.9 Å². The Hall–Kier alpha value is -2.03. The van der Waals surface area contributed by atoms with Crippen LogP contribution in [0.25, 0.3) is 0 Å². The van der Waals surface area contributed by atoms with E-state index in [2.05, 4.69) is 27.5 Å². The van der Waals surface area contributed by atoms with Crippen LogP contribution >= 0.6 is 20.5 Å². The number of urea groups is 1. The molecule has 0 radical (unpaired) electrons. The lowest BCUT2D eigenvalue weighted by Gasteiger charge is -2.45. The van der Waals surface area contributed by atoms with Gasteiger partial charge in [-0.2, -0.15) is 4.99 Å². The number of fused-ring (bicyclic) bond motifs is 2. The fourth-order valence-corrected chi connectivity index (χ4v) is 4.00. The average molecular weight is 490 g/mol. The second kappa shape index (κ2) is 8.72. The molecule has 0 spiro atoms. The third-order valence-corrected chi connectivity index (χ3v) is 6.13. The summed E-state index contributed by atoms with van der Waals surface area (Å²) in [4.78, 5) is 45.3. The predicted molar refractivity (Wildman–Crippen MR) is 116 cm³/mol. The van der Waals surface area contributed by atoms with Gasteiger partial charge < -0.3 is 35.3 Å². The van der Waals surface area contributed by atoms with Gasteiger partial charge in [0.15, 0.2) is 5.84 Å². The number of hydrogen-bond acceptors (Lipinski definition) is 10. The SMILES string of the molecule is Cc1cc2c(cc1C)N(C[C@H](O)[C@H](O)[C@H](O)COP(=O)(O)O)C1=NC(=O)NC(=O)[C@]1(S)N2. The lowest BCUT2D eigenvalue weighted by Crippen LogP contribution is -2.66. The highest BCUT2D eigenvalue weighted by molar-refractivity contribution is 7.84. The van der Waals surface area contributed by atoms with Gasteiger partial charge in [-0.25, -0.2) is 9.36 Å². The first-order chi connectivity index (χ1) is 14.7. The van der Waals surface area contributed by atoms with Crippen molar-refractivity contribution in [2.24, 2.45) is 4.99 Å². The zero-order valence-corrected chi connectivity index (χ0v) is 18.7. The molecule has 176 valence electrons. The Morgan fingerprint density at radius 3 is 2.44 bits per heavy atom. The minimum Gasteiger partial charge on any atom is -0.388 e. The molecule has 0 saturated heterocycles.